The number of rotatable bonds is 9. The van der Waals surface area contributed by atoms with E-state index in [0.29, 0.717) is 41.2 Å². The first-order valence-corrected chi connectivity index (χ1v) is 10.1. The van der Waals surface area contributed by atoms with Crippen molar-refractivity contribution in [2.45, 2.75) is 59.4 Å². The lowest BCUT2D eigenvalue weighted by Gasteiger charge is -2.13. The largest absolute Gasteiger partial charge is 0.388 e. The normalized spacial score (nSPS) is 11.3. The van der Waals surface area contributed by atoms with E-state index in [-0.39, 0.29) is 13.2 Å². The summed E-state index contributed by atoms with van der Waals surface area (Å²) in [4.78, 5) is 42.5. The molecular formula is C21H27N5O4. The molecule has 0 atom stereocenters. The van der Waals surface area contributed by atoms with Crippen LogP contribution in [0.3, 0.4) is 0 Å². The SMILES string of the molecule is CCCCn1c(=O)n(Cc2cccc(C(N)=O)c2)c(=O)c2c1nc(CO)n2CCC. The maximum atomic E-state index is 13.3. The Morgan fingerprint density at radius 2 is 1.87 bits per heavy atom. The number of nitrogens with two attached hydrogens (primary N) is 1. The van der Waals surface area contributed by atoms with Gasteiger partial charge in [-0.05, 0) is 30.5 Å². The van der Waals surface area contributed by atoms with Crippen molar-refractivity contribution in [2.75, 3.05) is 0 Å². The molecule has 9 heteroatoms. The van der Waals surface area contributed by atoms with Crippen molar-refractivity contribution < 1.29 is 9.90 Å². The molecule has 0 saturated carbocycles. The van der Waals surface area contributed by atoms with Gasteiger partial charge in [-0.3, -0.25) is 18.7 Å². The second-order valence-electron chi connectivity index (χ2n) is 7.25. The zero-order chi connectivity index (χ0) is 21.8. The molecule has 160 valence electrons. The number of aryl methyl sites for hydroxylation is 2. The van der Waals surface area contributed by atoms with E-state index in [0.717, 1.165) is 23.8 Å². The summed E-state index contributed by atoms with van der Waals surface area (Å²) in [5.41, 5.74) is 5.97. The maximum Gasteiger partial charge on any atom is 0.333 e. The molecule has 3 aromatic rings. The van der Waals surface area contributed by atoms with E-state index < -0.39 is 17.2 Å². The molecule has 0 unspecified atom stereocenters. The molecule has 2 heterocycles. The highest BCUT2D eigenvalue weighted by atomic mass is 16.3. The number of fused-ring (bicyclic) bond motifs is 1. The fraction of sp³-hybridized carbons (Fsp3) is 0.429. The topological polar surface area (TPSA) is 125 Å². The second-order valence-corrected chi connectivity index (χ2v) is 7.25. The summed E-state index contributed by atoms with van der Waals surface area (Å²) in [6.07, 6.45) is 2.36. The van der Waals surface area contributed by atoms with Crippen LogP contribution in [0.25, 0.3) is 11.2 Å². The van der Waals surface area contributed by atoms with Crippen molar-refractivity contribution in [3.05, 3.63) is 62.1 Å². The number of hydrogen-bond donors (Lipinski definition) is 2. The molecule has 30 heavy (non-hydrogen) atoms. The van der Waals surface area contributed by atoms with Gasteiger partial charge in [0.05, 0.1) is 6.54 Å². The number of aliphatic hydroxyl groups excluding tert-OH is 1. The van der Waals surface area contributed by atoms with Gasteiger partial charge in [0, 0.05) is 18.7 Å². The van der Waals surface area contributed by atoms with Gasteiger partial charge in [-0.1, -0.05) is 32.4 Å². The van der Waals surface area contributed by atoms with Gasteiger partial charge in [-0.2, -0.15) is 0 Å². The number of carbonyl (C=O) groups is 1. The molecule has 0 bridgehead atoms. The number of aromatic nitrogens is 4. The third-order valence-electron chi connectivity index (χ3n) is 5.07. The molecule has 0 aliphatic rings. The highest BCUT2D eigenvalue weighted by Crippen LogP contribution is 2.14. The van der Waals surface area contributed by atoms with Crippen molar-refractivity contribution in [3.8, 4) is 0 Å². The molecule has 0 aliphatic heterocycles. The summed E-state index contributed by atoms with van der Waals surface area (Å²) in [5.74, 6) is -0.212. The molecule has 3 rings (SSSR count). The Morgan fingerprint density at radius 1 is 1.10 bits per heavy atom. The summed E-state index contributed by atoms with van der Waals surface area (Å²) in [6.45, 7) is 4.59. The minimum Gasteiger partial charge on any atom is -0.388 e. The van der Waals surface area contributed by atoms with Gasteiger partial charge < -0.3 is 15.4 Å². The van der Waals surface area contributed by atoms with Crippen LogP contribution in [-0.2, 0) is 26.2 Å². The van der Waals surface area contributed by atoms with E-state index in [4.69, 9.17) is 5.73 Å². The highest BCUT2D eigenvalue weighted by molar-refractivity contribution is 5.92. The van der Waals surface area contributed by atoms with Gasteiger partial charge in [-0.25, -0.2) is 9.78 Å². The minimum atomic E-state index is -0.575. The monoisotopic (exact) mass is 413 g/mol. The van der Waals surface area contributed by atoms with Crippen LogP contribution < -0.4 is 17.0 Å². The zero-order valence-electron chi connectivity index (χ0n) is 17.3. The maximum absolute atomic E-state index is 13.3. The van der Waals surface area contributed by atoms with Crippen molar-refractivity contribution in [1.82, 2.24) is 18.7 Å². The molecule has 0 radical (unpaired) electrons. The van der Waals surface area contributed by atoms with Crippen LogP contribution in [0.1, 0.15) is 54.9 Å². The Hall–Kier alpha value is -3.20. The van der Waals surface area contributed by atoms with E-state index in [2.05, 4.69) is 4.98 Å². The average molecular weight is 413 g/mol. The number of hydrogen-bond acceptors (Lipinski definition) is 5. The average Bonchev–Trinajstić information content (AvgIpc) is 3.10. The predicted octanol–water partition coefficient (Wildman–Crippen LogP) is 1.21. The van der Waals surface area contributed by atoms with E-state index >= 15 is 0 Å². The number of unbranched alkanes of at least 4 members (excludes halogenated alkanes) is 1. The number of aliphatic hydroxyl groups is 1. The smallest absolute Gasteiger partial charge is 0.333 e. The fourth-order valence-electron chi connectivity index (χ4n) is 3.58. The van der Waals surface area contributed by atoms with E-state index in [1.54, 1.807) is 28.8 Å². The van der Waals surface area contributed by atoms with Crippen molar-refractivity contribution in [3.63, 3.8) is 0 Å². The molecule has 0 fully saturated rings. The Labute approximate surface area is 173 Å². The molecule has 0 aliphatic carbocycles. The van der Waals surface area contributed by atoms with Crippen LogP contribution >= 0.6 is 0 Å². The third-order valence-corrected chi connectivity index (χ3v) is 5.07. The number of nitrogens with zero attached hydrogens (tertiary/aromatic N) is 4. The fourth-order valence-corrected chi connectivity index (χ4v) is 3.58. The predicted molar refractivity (Wildman–Crippen MR) is 113 cm³/mol. The number of amides is 1. The number of carbonyl (C=O) groups excluding carboxylic acids is 1. The lowest BCUT2D eigenvalue weighted by molar-refractivity contribution is 0.1000. The Balaban J connectivity index is 2.26. The first kappa shape index (κ1) is 21.5. The molecule has 2 aromatic heterocycles. The summed E-state index contributed by atoms with van der Waals surface area (Å²) >= 11 is 0. The van der Waals surface area contributed by atoms with Crippen molar-refractivity contribution in [1.29, 1.82) is 0 Å². The standard InChI is InChI=1S/C21H27N5O4/c1-3-5-10-25-19-17(24(9-4-2)16(13-27)23-19)20(29)26(21(25)30)12-14-7-6-8-15(11-14)18(22)28/h6-8,11,27H,3-5,9-10,12-13H2,1-2H3,(H2,22,28). The van der Waals surface area contributed by atoms with Gasteiger partial charge in [0.1, 0.15) is 12.4 Å². The van der Waals surface area contributed by atoms with Gasteiger partial charge in [0.25, 0.3) is 5.56 Å². The van der Waals surface area contributed by atoms with E-state index in [1.807, 2.05) is 13.8 Å². The van der Waals surface area contributed by atoms with Crippen LogP contribution in [0.15, 0.2) is 33.9 Å². The first-order chi connectivity index (χ1) is 14.4. The van der Waals surface area contributed by atoms with Crippen LogP contribution in [0, 0.1) is 0 Å². The molecule has 3 N–H and O–H groups in total. The van der Waals surface area contributed by atoms with Crippen LogP contribution in [0.4, 0.5) is 0 Å². The third kappa shape index (κ3) is 3.93. The number of primary amides is 1. The molecule has 1 aromatic carbocycles. The molecule has 1 amide bonds. The van der Waals surface area contributed by atoms with Gasteiger partial charge in [0.2, 0.25) is 5.91 Å². The van der Waals surface area contributed by atoms with Crippen LogP contribution in [0.2, 0.25) is 0 Å². The molecular weight excluding hydrogens is 386 g/mol. The molecule has 0 spiro atoms. The van der Waals surface area contributed by atoms with Crippen molar-refractivity contribution >= 4 is 17.1 Å². The van der Waals surface area contributed by atoms with Crippen LogP contribution in [-0.4, -0.2) is 29.7 Å². The quantitative estimate of drug-likeness (QED) is 0.545. The van der Waals surface area contributed by atoms with Crippen LogP contribution in [0.5, 0.6) is 0 Å². The molecule has 0 saturated heterocycles. The first-order valence-electron chi connectivity index (χ1n) is 10.1. The van der Waals surface area contributed by atoms with Gasteiger partial charge >= 0.3 is 5.69 Å². The van der Waals surface area contributed by atoms with Crippen molar-refractivity contribution in [2.24, 2.45) is 5.73 Å². The summed E-state index contributed by atoms with van der Waals surface area (Å²) < 4.78 is 4.35. The zero-order valence-corrected chi connectivity index (χ0v) is 17.3. The van der Waals surface area contributed by atoms with E-state index in [9.17, 15) is 19.5 Å². The number of benzene rings is 1. The molecule has 9 nitrogen and oxygen atoms in total. The van der Waals surface area contributed by atoms with Gasteiger partial charge in [-0.15, -0.1) is 0 Å². The Bertz CT molecular complexity index is 1190. The highest BCUT2D eigenvalue weighted by Gasteiger charge is 2.21. The number of imidazole rings is 1. The second kappa shape index (κ2) is 9.08. The van der Waals surface area contributed by atoms with E-state index in [1.165, 1.54) is 4.57 Å². The lowest BCUT2D eigenvalue weighted by atomic mass is 10.1. The summed E-state index contributed by atoms with van der Waals surface area (Å²) in [5, 5.41) is 9.74. The Kier molecular flexibility index (Phi) is 6.51. The minimum absolute atomic E-state index is 0.00656. The Morgan fingerprint density at radius 3 is 2.50 bits per heavy atom. The lowest BCUT2D eigenvalue weighted by Crippen LogP contribution is -2.41. The van der Waals surface area contributed by atoms with Gasteiger partial charge in [0.15, 0.2) is 11.2 Å². The summed E-state index contributed by atoms with van der Waals surface area (Å²) in [7, 11) is 0. The summed E-state index contributed by atoms with van der Waals surface area (Å²) in [6, 6.07) is 6.57.